The van der Waals surface area contributed by atoms with Crippen molar-refractivity contribution in [2.75, 3.05) is 6.54 Å². The zero-order valence-corrected chi connectivity index (χ0v) is 10.8. The van der Waals surface area contributed by atoms with Gasteiger partial charge in [0.1, 0.15) is 4.90 Å². The Morgan fingerprint density at radius 3 is 2.62 bits per heavy atom. The highest BCUT2D eigenvalue weighted by Crippen LogP contribution is 2.24. The Kier molecular flexibility index (Phi) is 4.58. The van der Waals surface area contributed by atoms with Gasteiger partial charge in [-0.05, 0) is 25.1 Å². The number of rotatable bonds is 4. The molecule has 1 aromatic rings. The van der Waals surface area contributed by atoms with Crippen molar-refractivity contribution in [3.05, 3.63) is 28.2 Å². The number of benzene rings is 1. The fourth-order valence-electron chi connectivity index (χ4n) is 0.991. The third-order valence-corrected chi connectivity index (χ3v) is 3.89. The van der Waals surface area contributed by atoms with E-state index in [1.54, 1.807) is 0 Å². The van der Waals surface area contributed by atoms with Crippen LogP contribution in [-0.4, -0.2) is 26.2 Å². The standard InChI is InChI=1S/C9H11Cl2NO3S/c1-6(13)5-12-16(14,15)9-4-7(10)2-3-8(9)11/h2-4,6,12-13H,5H2,1H3/t6-/m1/s1. The van der Waals surface area contributed by atoms with Crippen molar-refractivity contribution < 1.29 is 13.5 Å². The zero-order chi connectivity index (χ0) is 12.3. The number of hydrogen-bond acceptors (Lipinski definition) is 3. The Hall–Kier alpha value is -0.330. The van der Waals surface area contributed by atoms with Gasteiger partial charge in [0.25, 0.3) is 0 Å². The van der Waals surface area contributed by atoms with Gasteiger partial charge in [-0.15, -0.1) is 0 Å². The average molecular weight is 284 g/mol. The molecule has 1 aromatic carbocycles. The second-order valence-electron chi connectivity index (χ2n) is 3.28. The highest BCUT2D eigenvalue weighted by atomic mass is 35.5. The van der Waals surface area contributed by atoms with Gasteiger partial charge >= 0.3 is 0 Å². The molecule has 0 aliphatic rings. The summed E-state index contributed by atoms with van der Waals surface area (Å²) in [6.07, 6.45) is -0.771. The summed E-state index contributed by atoms with van der Waals surface area (Å²) < 4.78 is 25.7. The Morgan fingerprint density at radius 2 is 2.06 bits per heavy atom. The van der Waals surface area contributed by atoms with Gasteiger partial charge in [0.15, 0.2) is 0 Å². The van der Waals surface area contributed by atoms with Gasteiger partial charge < -0.3 is 5.11 Å². The summed E-state index contributed by atoms with van der Waals surface area (Å²) in [5.74, 6) is 0. The molecular formula is C9H11Cl2NO3S. The van der Waals surface area contributed by atoms with Gasteiger partial charge in [0, 0.05) is 11.6 Å². The van der Waals surface area contributed by atoms with Gasteiger partial charge in [-0.25, -0.2) is 13.1 Å². The topological polar surface area (TPSA) is 66.4 Å². The van der Waals surface area contributed by atoms with Crippen molar-refractivity contribution in [2.24, 2.45) is 0 Å². The Balaban J connectivity index is 3.02. The first-order chi connectivity index (χ1) is 7.33. The Labute approximate surface area is 104 Å². The fourth-order valence-corrected chi connectivity index (χ4v) is 2.87. The quantitative estimate of drug-likeness (QED) is 0.883. The maximum absolute atomic E-state index is 11.7. The molecule has 1 rings (SSSR count). The molecule has 0 radical (unpaired) electrons. The van der Waals surface area contributed by atoms with Crippen molar-refractivity contribution in [3.8, 4) is 0 Å². The van der Waals surface area contributed by atoms with Gasteiger partial charge in [0.2, 0.25) is 10.0 Å². The molecule has 16 heavy (non-hydrogen) atoms. The zero-order valence-electron chi connectivity index (χ0n) is 8.44. The first kappa shape index (κ1) is 13.7. The van der Waals surface area contributed by atoms with E-state index in [0.717, 1.165) is 0 Å². The molecule has 0 saturated carbocycles. The van der Waals surface area contributed by atoms with Crippen LogP contribution in [0.1, 0.15) is 6.92 Å². The van der Waals surface area contributed by atoms with Crippen LogP contribution in [0.4, 0.5) is 0 Å². The summed E-state index contributed by atoms with van der Waals surface area (Å²) >= 11 is 11.4. The molecule has 7 heteroatoms. The maximum Gasteiger partial charge on any atom is 0.242 e. The van der Waals surface area contributed by atoms with Crippen LogP contribution in [-0.2, 0) is 10.0 Å². The van der Waals surface area contributed by atoms with Crippen LogP contribution in [0.3, 0.4) is 0 Å². The van der Waals surface area contributed by atoms with Gasteiger partial charge in [0.05, 0.1) is 11.1 Å². The van der Waals surface area contributed by atoms with Gasteiger partial charge in [-0.3, -0.25) is 0 Å². The van der Waals surface area contributed by atoms with E-state index in [1.807, 2.05) is 0 Å². The second kappa shape index (κ2) is 5.33. The van der Waals surface area contributed by atoms with Crippen LogP contribution in [0, 0.1) is 0 Å². The molecule has 90 valence electrons. The maximum atomic E-state index is 11.7. The number of aliphatic hydroxyl groups excluding tert-OH is 1. The molecule has 0 fully saturated rings. The summed E-state index contributed by atoms with van der Waals surface area (Å²) in [5.41, 5.74) is 0. The number of nitrogens with one attached hydrogen (secondary N) is 1. The van der Waals surface area contributed by atoms with Crippen molar-refractivity contribution in [3.63, 3.8) is 0 Å². The van der Waals surface area contributed by atoms with Crippen LogP contribution < -0.4 is 4.72 Å². The highest BCUT2D eigenvalue weighted by Gasteiger charge is 2.18. The van der Waals surface area contributed by atoms with Crippen LogP contribution in [0.25, 0.3) is 0 Å². The van der Waals surface area contributed by atoms with E-state index in [4.69, 9.17) is 28.3 Å². The van der Waals surface area contributed by atoms with Crippen LogP contribution in [0.5, 0.6) is 0 Å². The van der Waals surface area contributed by atoms with E-state index in [0.29, 0.717) is 0 Å². The highest BCUT2D eigenvalue weighted by molar-refractivity contribution is 7.89. The molecule has 0 unspecified atom stereocenters. The molecule has 0 spiro atoms. The van der Waals surface area contributed by atoms with Crippen LogP contribution in [0.15, 0.2) is 23.1 Å². The fraction of sp³-hybridized carbons (Fsp3) is 0.333. The predicted octanol–water partition coefficient (Wildman–Crippen LogP) is 1.65. The molecule has 0 bridgehead atoms. The molecule has 0 aliphatic carbocycles. The van der Waals surface area contributed by atoms with Crippen LogP contribution in [0.2, 0.25) is 10.0 Å². The van der Waals surface area contributed by atoms with Gasteiger partial charge in [-0.2, -0.15) is 0 Å². The minimum absolute atomic E-state index is 0.0782. The van der Waals surface area contributed by atoms with Crippen molar-refractivity contribution in [1.29, 1.82) is 0 Å². The monoisotopic (exact) mass is 283 g/mol. The third kappa shape index (κ3) is 3.61. The number of sulfonamides is 1. The SMILES string of the molecule is C[C@@H](O)CNS(=O)(=O)c1cc(Cl)ccc1Cl. The van der Waals surface area contributed by atoms with Gasteiger partial charge in [-0.1, -0.05) is 23.2 Å². The molecule has 0 amide bonds. The molecule has 0 aliphatic heterocycles. The van der Waals surface area contributed by atoms with E-state index in [9.17, 15) is 8.42 Å². The average Bonchev–Trinajstić information content (AvgIpc) is 2.19. The van der Waals surface area contributed by atoms with Crippen molar-refractivity contribution in [2.45, 2.75) is 17.9 Å². The van der Waals surface area contributed by atoms with Crippen molar-refractivity contribution >= 4 is 33.2 Å². The predicted molar refractivity (Wildman–Crippen MR) is 63.3 cm³/mol. The molecule has 2 N–H and O–H groups in total. The molecule has 0 heterocycles. The minimum Gasteiger partial charge on any atom is -0.392 e. The van der Waals surface area contributed by atoms with E-state index >= 15 is 0 Å². The van der Waals surface area contributed by atoms with E-state index in [1.165, 1.54) is 25.1 Å². The Bertz CT molecular complexity index is 474. The first-order valence-electron chi connectivity index (χ1n) is 4.45. The Morgan fingerprint density at radius 1 is 1.44 bits per heavy atom. The largest absolute Gasteiger partial charge is 0.392 e. The first-order valence-corrected chi connectivity index (χ1v) is 6.69. The summed E-state index contributed by atoms with van der Waals surface area (Å²) in [5, 5.41) is 9.37. The summed E-state index contributed by atoms with van der Waals surface area (Å²) in [6, 6.07) is 4.16. The summed E-state index contributed by atoms with van der Waals surface area (Å²) in [6.45, 7) is 1.40. The lowest BCUT2D eigenvalue weighted by molar-refractivity contribution is 0.198. The van der Waals surface area contributed by atoms with Crippen molar-refractivity contribution in [1.82, 2.24) is 4.72 Å². The third-order valence-electron chi connectivity index (χ3n) is 1.75. The van der Waals surface area contributed by atoms with E-state index in [-0.39, 0.29) is 21.5 Å². The smallest absolute Gasteiger partial charge is 0.242 e. The second-order valence-corrected chi connectivity index (χ2v) is 5.85. The summed E-state index contributed by atoms with van der Waals surface area (Å²) in [4.78, 5) is -0.0951. The number of halogens is 2. The number of hydrogen-bond donors (Lipinski definition) is 2. The lowest BCUT2D eigenvalue weighted by Crippen LogP contribution is -2.30. The lowest BCUT2D eigenvalue weighted by atomic mass is 10.4. The normalized spacial score (nSPS) is 13.8. The minimum atomic E-state index is -3.73. The van der Waals surface area contributed by atoms with E-state index < -0.39 is 16.1 Å². The van der Waals surface area contributed by atoms with E-state index in [2.05, 4.69) is 4.72 Å². The molecule has 0 aromatic heterocycles. The number of aliphatic hydroxyl groups is 1. The lowest BCUT2D eigenvalue weighted by Gasteiger charge is -2.09. The molecule has 4 nitrogen and oxygen atoms in total. The van der Waals surface area contributed by atoms with Crippen LogP contribution >= 0.6 is 23.2 Å². The molecular weight excluding hydrogens is 273 g/mol. The molecule has 0 saturated heterocycles. The summed E-state index contributed by atoms with van der Waals surface area (Å²) in [7, 11) is -3.73. The molecule has 1 atom stereocenters.